The third-order valence-electron chi connectivity index (χ3n) is 2.91. The van der Waals surface area contributed by atoms with Crippen LogP contribution in [-0.2, 0) is 4.74 Å². The summed E-state index contributed by atoms with van der Waals surface area (Å²) in [6.45, 7) is 0.171. The number of benzene rings is 1. The summed E-state index contributed by atoms with van der Waals surface area (Å²) in [5.41, 5.74) is 0.161. The zero-order chi connectivity index (χ0) is 16.0. The summed E-state index contributed by atoms with van der Waals surface area (Å²) in [5, 5.41) is 23.3. The Kier molecular flexibility index (Phi) is 6.07. The second kappa shape index (κ2) is 7.55. The highest BCUT2D eigenvalue weighted by Gasteiger charge is 2.23. The molecule has 0 bridgehead atoms. The third-order valence-corrected chi connectivity index (χ3v) is 2.91. The van der Waals surface area contributed by atoms with E-state index < -0.39 is 16.9 Å². The number of nitrogens with one attached hydrogen (secondary N) is 1. The molecular weight excluding hydrogens is 278 g/mol. The van der Waals surface area contributed by atoms with Crippen molar-refractivity contribution in [1.82, 2.24) is 4.90 Å². The number of amides is 1. The predicted octanol–water partition coefficient (Wildman–Crippen LogP) is 0.716. The summed E-state index contributed by atoms with van der Waals surface area (Å²) in [7, 11) is 4.48. The summed E-state index contributed by atoms with van der Waals surface area (Å²) in [6.07, 6.45) is -0.819. The number of carbonyl (C=O) groups is 1. The van der Waals surface area contributed by atoms with Gasteiger partial charge < -0.3 is 20.1 Å². The molecule has 0 aliphatic heterocycles. The number of carbonyl (C=O) groups excluding carboxylic acids is 1. The molecule has 0 aliphatic rings. The Morgan fingerprint density at radius 2 is 2.24 bits per heavy atom. The van der Waals surface area contributed by atoms with Crippen LogP contribution in [0.25, 0.3) is 0 Å². The van der Waals surface area contributed by atoms with Crippen LogP contribution < -0.4 is 5.32 Å². The molecule has 1 unspecified atom stereocenters. The van der Waals surface area contributed by atoms with E-state index >= 15 is 0 Å². The number of nitro groups is 1. The van der Waals surface area contributed by atoms with Gasteiger partial charge in [-0.05, 0) is 6.07 Å². The smallest absolute Gasteiger partial charge is 0.293 e. The van der Waals surface area contributed by atoms with Crippen molar-refractivity contribution in [2.75, 3.05) is 39.7 Å². The molecule has 1 amide bonds. The summed E-state index contributed by atoms with van der Waals surface area (Å²) < 4.78 is 4.80. The van der Waals surface area contributed by atoms with Crippen molar-refractivity contribution in [3.05, 3.63) is 33.9 Å². The molecule has 0 saturated heterocycles. The Morgan fingerprint density at radius 1 is 1.57 bits per heavy atom. The van der Waals surface area contributed by atoms with E-state index in [4.69, 9.17) is 4.74 Å². The van der Waals surface area contributed by atoms with Gasteiger partial charge >= 0.3 is 0 Å². The summed E-state index contributed by atoms with van der Waals surface area (Å²) in [5.74, 6) is -0.418. The first-order chi connectivity index (χ1) is 9.92. The van der Waals surface area contributed by atoms with Gasteiger partial charge in [0.1, 0.15) is 5.69 Å². The molecule has 0 spiro atoms. The number of aliphatic hydroxyl groups is 1. The molecule has 116 valence electrons. The number of methoxy groups -OCH3 is 1. The largest absolute Gasteiger partial charge is 0.389 e. The topological polar surface area (TPSA) is 105 Å². The SMILES string of the molecule is CNc1c(C(=O)N(C)CC(O)COC)cccc1[N+](=O)[O-]. The predicted molar refractivity (Wildman–Crippen MR) is 77.5 cm³/mol. The average molecular weight is 297 g/mol. The molecule has 1 atom stereocenters. The quantitative estimate of drug-likeness (QED) is 0.567. The van der Waals surface area contributed by atoms with Gasteiger partial charge in [0.05, 0.1) is 23.2 Å². The van der Waals surface area contributed by atoms with Gasteiger partial charge in [-0.3, -0.25) is 14.9 Å². The average Bonchev–Trinajstić information content (AvgIpc) is 2.45. The van der Waals surface area contributed by atoms with Gasteiger partial charge in [0.25, 0.3) is 11.6 Å². The first-order valence-electron chi connectivity index (χ1n) is 6.30. The first-order valence-corrected chi connectivity index (χ1v) is 6.30. The standard InChI is InChI=1S/C13H19N3O5/c1-14-12-10(5-4-6-11(12)16(19)20)13(18)15(2)7-9(17)8-21-3/h4-6,9,14,17H,7-8H2,1-3H3. The number of nitro benzene ring substituents is 1. The molecule has 1 rings (SSSR count). The van der Waals surface area contributed by atoms with Gasteiger partial charge in [0.2, 0.25) is 0 Å². The van der Waals surface area contributed by atoms with E-state index in [9.17, 15) is 20.0 Å². The van der Waals surface area contributed by atoms with Crippen LogP contribution in [0, 0.1) is 10.1 Å². The number of anilines is 1. The number of hydrogen-bond acceptors (Lipinski definition) is 6. The molecular formula is C13H19N3O5. The molecule has 8 nitrogen and oxygen atoms in total. The minimum atomic E-state index is -0.819. The lowest BCUT2D eigenvalue weighted by Gasteiger charge is -2.21. The van der Waals surface area contributed by atoms with Gasteiger partial charge in [0.15, 0.2) is 0 Å². The van der Waals surface area contributed by atoms with Crippen LogP contribution in [0.3, 0.4) is 0 Å². The maximum atomic E-state index is 12.4. The van der Waals surface area contributed by atoms with Crippen LogP contribution in [-0.4, -0.2) is 61.3 Å². The van der Waals surface area contributed by atoms with Gasteiger partial charge in [-0.1, -0.05) is 6.07 Å². The number of likely N-dealkylation sites (N-methyl/N-ethyl adjacent to an activating group) is 1. The number of para-hydroxylation sites is 1. The Bertz CT molecular complexity index is 521. The van der Waals surface area contributed by atoms with Crippen LogP contribution in [0.4, 0.5) is 11.4 Å². The van der Waals surface area contributed by atoms with E-state index in [1.165, 1.54) is 44.3 Å². The monoisotopic (exact) mass is 297 g/mol. The van der Waals surface area contributed by atoms with E-state index in [1.807, 2.05) is 0 Å². The number of rotatable bonds is 7. The Labute approximate surface area is 122 Å². The second-order valence-electron chi connectivity index (χ2n) is 4.50. The van der Waals surface area contributed by atoms with Crippen LogP contribution in [0.5, 0.6) is 0 Å². The van der Waals surface area contributed by atoms with Crippen LogP contribution in [0.15, 0.2) is 18.2 Å². The van der Waals surface area contributed by atoms with E-state index in [2.05, 4.69) is 5.32 Å². The van der Waals surface area contributed by atoms with Gasteiger partial charge in [-0.2, -0.15) is 0 Å². The highest BCUT2D eigenvalue weighted by molar-refractivity contribution is 6.01. The molecule has 1 aromatic rings. The summed E-state index contributed by atoms with van der Waals surface area (Å²) >= 11 is 0. The lowest BCUT2D eigenvalue weighted by atomic mass is 10.1. The van der Waals surface area contributed by atoms with E-state index in [-0.39, 0.29) is 30.1 Å². The van der Waals surface area contributed by atoms with Crippen LogP contribution >= 0.6 is 0 Å². The maximum absolute atomic E-state index is 12.4. The van der Waals surface area contributed by atoms with E-state index in [0.29, 0.717) is 0 Å². The second-order valence-corrected chi connectivity index (χ2v) is 4.50. The molecule has 21 heavy (non-hydrogen) atoms. The van der Waals surface area contributed by atoms with Gasteiger partial charge in [-0.15, -0.1) is 0 Å². The highest BCUT2D eigenvalue weighted by Crippen LogP contribution is 2.28. The van der Waals surface area contributed by atoms with Crippen LogP contribution in [0.1, 0.15) is 10.4 Å². The van der Waals surface area contributed by atoms with Gasteiger partial charge in [-0.25, -0.2) is 0 Å². The van der Waals surface area contributed by atoms with Crippen molar-refractivity contribution in [2.45, 2.75) is 6.10 Å². The fourth-order valence-corrected chi connectivity index (χ4v) is 1.98. The minimum Gasteiger partial charge on any atom is -0.389 e. The van der Waals surface area contributed by atoms with Crippen molar-refractivity contribution in [2.24, 2.45) is 0 Å². The fourth-order valence-electron chi connectivity index (χ4n) is 1.98. The number of ether oxygens (including phenoxy) is 1. The normalized spacial score (nSPS) is 11.8. The van der Waals surface area contributed by atoms with Crippen LogP contribution in [0.2, 0.25) is 0 Å². The van der Waals surface area contributed by atoms with Crippen molar-refractivity contribution >= 4 is 17.3 Å². The lowest BCUT2D eigenvalue weighted by Crippen LogP contribution is -2.36. The molecule has 0 radical (unpaired) electrons. The first kappa shape index (κ1) is 16.9. The third kappa shape index (κ3) is 4.14. The van der Waals surface area contributed by atoms with E-state index in [0.717, 1.165) is 0 Å². The number of hydrogen-bond donors (Lipinski definition) is 2. The molecule has 0 fully saturated rings. The molecule has 8 heteroatoms. The van der Waals surface area contributed by atoms with E-state index in [1.54, 1.807) is 0 Å². The Morgan fingerprint density at radius 3 is 2.76 bits per heavy atom. The Balaban J connectivity index is 3.01. The van der Waals surface area contributed by atoms with Gasteiger partial charge in [0, 0.05) is 33.8 Å². The highest BCUT2D eigenvalue weighted by atomic mass is 16.6. The zero-order valence-electron chi connectivity index (χ0n) is 12.2. The fraction of sp³-hybridized carbons (Fsp3) is 0.462. The maximum Gasteiger partial charge on any atom is 0.293 e. The molecule has 2 N–H and O–H groups in total. The molecule has 0 saturated carbocycles. The van der Waals surface area contributed by atoms with Crippen molar-refractivity contribution < 1.29 is 19.6 Å². The number of aliphatic hydroxyl groups excluding tert-OH is 1. The number of nitrogens with zero attached hydrogens (tertiary/aromatic N) is 2. The molecule has 0 aliphatic carbocycles. The minimum absolute atomic E-state index is 0.0680. The lowest BCUT2D eigenvalue weighted by molar-refractivity contribution is -0.384. The molecule has 0 heterocycles. The molecule has 1 aromatic carbocycles. The van der Waals surface area contributed by atoms with Crippen molar-refractivity contribution in [1.29, 1.82) is 0 Å². The van der Waals surface area contributed by atoms with Crippen molar-refractivity contribution in [3.63, 3.8) is 0 Å². The Hall–Kier alpha value is -2.19. The summed E-state index contributed by atoms with van der Waals surface area (Å²) in [6, 6.07) is 4.27. The van der Waals surface area contributed by atoms with Crippen molar-refractivity contribution in [3.8, 4) is 0 Å². The molecule has 0 aromatic heterocycles. The zero-order valence-corrected chi connectivity index (χ0v) is 12.2. The summed E-state index contributed by atoms with van der Waals surface area (Å²) in [4.78, 5) is 24.1.